The molecule has 9 heteroatoms. The van der Waals surface area contributed by atoms with Crippen LogP contribution in [0.5, 0.6) is 0 Å². The highest BCUT2D eigenvalue weighted by Gasteiger charge is 2.89. The van der Waals surface area contributed by atoms with E-state index >= 15 is 8.78 Å². The Morgan fingerprint density at radius 2 is 1.39 bits per heavy atom. The molecule has 7 nitrogen and oxygen atoms in total. The van der Waals surface area contributed by atoms with E-state index < -0.39 is 40.5 Å². The second-order valence-corrected chi connectivity index (χ2v) is 17.3. The Balaban J connectivity index is 1.26. The molecule has 0 aromatic carbocycles. The summed E-state index contributed by atoms with van der Waals surface area (Å²) in [6.07, 6.45) is 5.67. The molecule has 1 aliphatic heterocycles. The molecule has 7 rings (SSSR count). The number of halogens is 2. The first kappa shape index (κ1) is 30.9. The molecule has 7 fully saturated rings. The molecule has 6 aliphatic carbocycles. The number of fused-ring (bicyclic) bond motifs is 2. The largest absolute Gasteiger partial charge is 0.462 e. The van der Waals surface area contributed by atoms with Gasteiger partial charge in [0.05, 0.1) is 11.7 Å². The van der Waals surface area contributed by atoms with Crippen LogP contribution in [0.4, 0.5) is 8.78 Å². The second-order valence-electron chi connectivity index (χ2n) is 17.3. The minimum Gasteiger partial charge on any atom is -0.462 e. The van der Waals surface area contributed by atoms with Gasteiger partial charge in [0.15, 0.2) is 0 Å². The maximum atomic E-state index is 15.6. The molecule has 4 spiro atoms. The Labute approximate surface area is 259 Å². The molecule has 0 bridgehead atoms. The van der Waals surface area contributed by atoms with E-state index in [1.807, 2.05) is 13.8 Å². The van der Waals surface area contributed by atoms with Crippen LogP contribution in [0.1, 0.15) is 120 Å². The van der Waals surface area contributed by atoms with Gasteiger partial charge < -0.3 is 18.9 Å². The van der Waals surface area contributed by atoms with Crippen molar-refractivity contribution < 1.29 is 42.1 Å². The first-order chi connectivity index (χ1) is 20.2. The number of carbonyl (C=O) groups is 3. The zero-order chi connectivity index (χ0) is 32.1. The molecule has 0 N–H and O–H groups in total. The van der Waals surface area contributed by atoms with Gasteiger partial charge in [-0.25, -0.2) is 8.78 Å². The summed E-state index contributed by atoms with van der Waals surface area (Å²) >= 11 is 0. The average molecular weight is 621 g/mol. The molecule has 1 heterocycles. The van der Waals surface area contributed by atoms with Gasteiger partial charge in [-0.3, -0.25) is 14.4 Å². The Hall–Kier alpha value is -1.77. The third kappa shape index (κ3) is 3.54. The van der Waals surface area contributed by atoms with Gasteiger partial charge in [0.1, 0.15) is 17.8 Å². The van der Waals surface area contributed by atoms with E-state index in [1.165, 1.54) is 20.8 Å². The highest BCUT2D eigenvalue weighted by atomic mass is 19.3. The van der Waals surface area contributed by atoms with Crippen molar-refractivity contribution in [2.75, 3.05) is 0 Å². The van der Waals surface area contributed by atoms with Crippen LogP contribution >= 0.6 is 0 Å². The molecular formula is C35H50F2O7. The lowest BCUT2D eigenvalue weighted by Crippen LogP contribution is -2.70. The maximum Gasteiger partial charge on any atom is 0.303 e. The van der Waals surface area contributed by atoms with E-state index in [1.54, 1.807) is 13.8 Å². The molecule has 7 aliphatic rings. The van der Waals surface area contributed by atoms with Crippen LogP contribution < -0.4 is 0 Å². The van der Waals surface area contributed by atoms with Gasteiger partial charge in [-0.05, 0) is 99.2 Å². The lowest BCUT2D eigenvalue weighted by molar-refractivity contribution is -0.297. The number of hydrogen-bond acceptors (Lipinski definition) is 7. The third-order valence-electron chi connectivity index (χ3n) is 14.9. The van der Waals surface area contributed by atoms with Gasteiger partial charge in [-0.15, -0.1) is 0 Å². The lowest BCUT2D eigenvalue weighted by atomic mass is 9.35. The number of esters is 3. The quantitative estimate of drug-likeness (QED) is 0.253. The predicted molar refractivity (Wildman–Crippen MR) is 155 cm³/mol. The number of carbonyl (C=O) groups excluding carboxylic acids is 3. The Morgan fingerprint density at radius 3 is 2.02 bits per heavy atom. The summed E-state index contributed by atoms with van der Waals surface area (Å²) in [4.78, 5) is 36.9. The summed E-state index contributed by atoms with van der Waals surface area (Å²) in [5.74, 6) is -4.11. The van der Waals surface area contributed by atoms with E-state index in [4.69, 9.17) is 18.9 Å². The first-order valence-electron chi connectivity index (χ1n) is 16.8. The van der Waals surface area contributed by atoms with Crippen molar-refractivity contribution in [3.05, 3.63) is 0 Å². The molecule has 44 heavy (non-hydrogen) atoms. The summed E-state index contributed by atoms with van der Waals surface area (Å²) in [7, 11) is 0. The molecule has 246 valence electrons. The van der Waals surface area contributed by atoms with Crippen molar-refractivity contribution in [2.24, 2.45) is 44.8 Å². The first-order valence-corrected chi connectivity index (χ1v) is 16.8. The van der Waals surface area contributed by atoms with Crippen molar-refractivity contribution in [1.29, 1.82) is 0 Å². The van der Waals surface area contributed by atoms with Crippen molar-refractivity contribution in [3.63, 3.8) is 0 Å². The normalized spacial score (nSPS) is 50.6. The average Bonchev–Trinajstić information content (AvgIpc) is 3.16. The van der Waals surface area contributed by atoms with E-state index in [0.29, 0.717) is 19.3 Å². The molecule has 1 saturated heterocycles. The third-order valence-corrected chi connectivity index (χ3v) is 14.9. The Bertz CT molecular complexity index is 1310. The van der Waals surface area contributed by atoms with Crippen LogP contribution in [-0.4, -0.2) is 53.3 Å². The molecule has 11 atom stereocenters. The lowest BCUT2D eigenvalue weighted by Gasteiger charge is -2.70. The van der Waals surface area contributed by atoms with E-state index in [0.717, 1.165) is 38.5 Å². The van der Waals surface area contributed by atoms with E-state index in [-0.39, 0.29) is 64.1 Å². The van der Waals surface area contributed by atoms with Gasteiger partial charge >= 0.3 is 17.9 Å². The highest BCUT2D eigenvalue weighted by Crippen LogP contribution is 2.92. The van der Waals surface area contributed by atoms with Crippen LogP contribution in [0.25, 0.3) is 0 Å². The van der Waals surface area contributed by atoms with Gasteiger partial charge in [0.2, 0.25) is 0 Å². The highest BCUT2D eigenvalue weighted by molar-refractivity contribution is 5.67. The van der Waals surface area contributed by atoms with Gasteiger partial charge in [0.25, 0.3) is 5.92 Å². The van der Waals surface area contributed by atoms with Gasteiger partial charge in [-0.1, -0.05) is 20.8 Å². The van der Waals surface area contributed by atoms with Gasteiger partial charge in [0, 0.05) is 44.4 Å². The smallest absolute Gasteiger partial charge is 0.303 e. The molecular weight excluding hydrogens is 570 g/mol. The molecule has 0 unspecified atom stereocenters. The molecule has 0 radical (unpaired) electrons. The molecule has 0 aromatic heterocycles. The van der Waals surface area contributed by atoms with Crippen molar-refractivity contribution in [1.82, 2.24) is 0 Å². The zero-order valence-corrected chi connectivity index (χ0v) is 27.6. The minimum atomic E-state index is -2.83. The van der Waals surface area contributed by atoms with Crippen molar-refractivity contribution >= 4 is 17.9 Å². The topological polar surface area (TPSA) is 88.1 Å². The van der Waals surface area contributed by atoms with Crippen molar-refractivity contribution in [3.8, 4) is 0 Å². The van der Waals surface area contributed by atoms with Crippen LogP contribution in [-0.2, 0) is 33.3 Å². The van der Waals surface area contributed by atoms with Crippen LogP contribution in [0, 0.1) is 44.8 Å². The summed E-state index contributed by atoms with van der Waals surface area (Å²) in [6.45, 7) is 13.8. The van der Waals surface area contributed by atoms with Crippen LogP contribution in [0.2, 0.25) is 0 Å². The monoisotopic (exact) mass is 620 g/mol. The Morgan fingerprint density at radius 1 is 0.773 bits per heavy atom. The summed E-state index contributed by atoms with van der Waals surface area (Å²) in [5, 5.41) is 0. The number of ether oxygens (including phenoxy) is 4. The number of rotatable bonds is 4. The SMILES string of the molecule is CC(=O)O[C@H]1C[C@@]2(C)[C@@H]3C[C@H](OC(C)=O)[C@H]4C(C)(C)C(F)(F)CC[C@@]45C[C@@]35CC[C@@]23C[C@@]2(CC[C@@H](C(C)(C)OC(C)=O)O2)[C@@H]13. The van der Waals surface area contributed by atoms with Crippen LogP contribution in [0.15, 0.2) is 0 Å². The number of hydrogen-bond donors (Lipinski definition) is 0. The fourth-order valence-electron chi connectivity index (χ4n) is 13.6. The molecule has 6 saturated carbocycles. The molecule has 0 amide bonds. The summed E-state index contributed by atoms with van der Waals surface area (Å²) < 4.78 is 56.0. The van der Waals surface area contributed by atoms with Gasteiger partial charge in [-0.2, -0.15) is 0 Å². The van der Waals surface area contributed by atoms with Crippen molar-refractivity contribution in [2.45, 2.75) is 155 Å². The molecule has 0 aromatic rings. The fourth-order valence-corrected chi connectivity index (χ4v) is 13.6. The maximum absolute atomic E-state index is 15.6. The van der Waals surface area contributed by atoms with Crippen LogP contribution in [0.3, 0.4) is 0 Å². The Kier molecular flexibility index (Phi) is 6.15. The second kappa shape index (κ2) is 8.77. The summed E-state index contributed by atoms with van der Waals surface area (Å²) in [5.41, 5.74) is -3.23. The standard InChI is InChI=1S/C35H50F2O7/c1-19(38)41-22-15-24-30(8)16-23(42-20(2)39)27-32(30,18-34(27)10-9-25(44-34)29(6,7)43-21(3)40)12-11-31(24)17-33(31)13-14-35(36,37)28(4,5)26(22)33/h22-27H,9-18H2,1-8H3/t22-,23-,24-,25-,26-,27-,30-,31-,32-,33+,34-/m0/s1. The van der Waals surface area contributed by atoms with E-state index in [2.05, 4.69) is 6.92 Å². The minimum absolute atomic E-state index is 0.00565. The number of alkyl halides is 2. The zero-order valence-electron chi connectivity index (χ0n) is 27.6. The van der Waals surface area contributed by atoms with E-state index in [9.17, 15) is 14.4 Å². The predicted octanol–water partition coefficient (Wildman–Crippen LogP) is 6.79. The fraction of sp³-hybridized carbons (Fsp3) is 0.914. The summed E-state index contributed by atoms with van der Waals surface area (Å²) in [6, 6.07) is 0.